The molecular formula is C8H13N5O2. The molecule has 7 nitrogen and oxygen atoms in total. The van der Waals surface area contributed by atoms with Crippen LogP contribution in [0.15, 0.2) is 0 Å². The van der Waals surface area contributed by atoms with Crippen molar-refractivity contribution < 1.29 is 9.53 Å². The number of amides is 1. The molecule has 1 unspecified atom stereocenters. The van der Waals surface area contributed by atoms with Crippen LogP contribution in [0.1, 0.15) is 29.9 Å². The zero-order valence-corrected chi connectivity index (χ0v) is 8.27. The second kappa shape index (κ2) is 4.83. The number of ether oxygens (including phenoxy) is 1. The molecule has 2 heterocycles. The van der Waals surface area contributed by atoms with Crippen LogP contribution in [0.25, 0.3) is 0 Å². The van der Waals surface area contributed by atoms with E-state index in [2.05, 4.69) is 25.9 Å². The Morgan fingerprint density at radius 2 is 2.53 bits per heavy atom. The van der Waals surface area contributed by atoms with Crippen molar-refractivity contribution in [2.75, 3.05) is 13.2 Å². The van der Waals surface area contributed by atoms with Gasteiger partial charge in [-0.1, -0.05) is 0 Å². The molecule has 1 amide bonds. The van der Waals surface area contributed by atoms with Crippen LogP contribution in [0.3, 0.4) is 0 Å². The number of aromatic amines is 1. The monoisotopic (exact) mass is 211 g/mol. The first-order chi connectivity index (χ1) is 7.36. The van der Waals surface area contributed by atoms with Crippen molar-refractivity contribution in [3.05, 3.63) is 5.82 Å². The SMILES string of the molecule is O=C(NCC1CCCCO1)c1nn[nH]n1. The van der Waals surface area contributed by atoms with E-state index in [1.807, 2.05) is 0 Å². The summed E-state index contributed by atoms with van der Waals surface area (Å²) in [6.07, 6.45) is 3.37. The Morgan fingerprint density at radius 1 is 1.60 bits per heavy atom. The quantitative estimate of drug-likeness (QED) is 0.703. The van der Waals surface area contributed by atoms with Gasteiger partial charge in [-0.25, -0.2) is 0 Å². The number of nitrogens with one attached hydrogen (secondary N) is 2. The third kappa shape index (κ3) is 2.72. The van der Waals surface area contributed by atoms with Gasteiger partial charge in [0, 0.05) is 13.2 Å². The van der Waals surface area contributed by atoms with Gasteiger partial charge in [0.2, 0.25) is 0 Å². The smallest absolute Gasteiger partial charge is 0.292 e. The first kappa shape index (κ1) is 10.0. The lowest BCUT2D eigenvalue weighted by Crippen LogP contribution is -2.35. The molecule has 15 heavy (non-hydrogen) atoms. The molecule has 82 valence electrons. The van der Waals surface area contributed by atoms with E-state index in [1.54, 1.807) is 0 Å². The Balaban J connectivity index is 1.75. The molecule has 0 saturated carbocycles. The molecule has 0 aromatic carbocycles. The van der Waals surface area contributed by atoms with Crippen molar-refractivity contribution >= 4 is 5.91 Å². The molecule has 2 rings (SSSR count). The number of nitrogens with zero attached hydrogens (tertiary/aromatic N) is 3. The molecule has 0 bridgehead atoms. The highest BCUT2D eigenvalue weighted by Gasteiger charge is 2.16. The van der Waals surface area contributed by atoms with E-state index < -0.39 is 0 Å². The van der Waals surface area contributed by atoms with Gasteiger partial charge < -0.3 is 10.1 Å². The van der Waals surface area contributed by atoms with Crippen molar-refractivity contribution in [1.82, 2.24) is 25.9 Å². The molecule has 1 aliphatic rings. The molecule has 0 spiro atoms. The van der Waals surface area contributed by atoms with Gasteiger partial charge in [-0.2, -0.15) is 5.21 Å². The maximum Gasteiger partial charge on any atom is 0.292 e. The molecule has 7 heteroatoms. The molecule has 1 aliphatic heterocycles. The molecule has 1 atom stereocenters. The zero-order chi connectivity index (χ0) is 10.5. The van der Waals surface area contributed by atoms with Gasteiger partial charge in [0.15, 0.2) is 0 Å². The summed E-state index contributed by atoms with van der Waals surface area (Å²) in [5.41, 5.74) is 0. The normalized spacial score (nSPS) is 21.2. The number of hydrogen-bond acceptors (Lipinski definition) is 5. The minimum Gasteiger partial charge on any atom is -0.376 e. The van der Waals surface area contributed by atoms with Crippen LogP contribution in [0.4, 0.5) is 0 Å². The highest BCUT2D eigenvalue weighted by Crippen LogP contribution is 2.11. The van der Waals surface area contributed by atoms with Crippen LogP contribution in [0.2, 0.25) is 0 Å². The third-order valence-corrected chi connectivity index (χ3v) is 2.31. The van der Waals surface area contributed by atoms with Gasteiger partial charge in [-0.15, -0.1) is 10.2 Å². The topological polar surface area (TPSA) is 92.8 Å². The fraction of sp³-hybridized carbons (Fsp3) is 0.750. The van der Waals surface area contributed by atoms with Crippen LogP contribution in [-0.2, 0) is 4.74 Å². The number of carbonyl (C=O) groups is 1. The summed E-state index contributed by atoms with van der Waals surface area (Å²) in [7, 11) is 0. The maximum absolute atomic E-state index is 11.4. The number of hydrogen-bond donors (Lipinski definition) is 2. The van der Waals surface area contributed by atoms with E-state index in [1.165, 1.54) is 0 Å². The van der Waals surface area contributed by atoms with Gasteiger partial charge in [0.05, 0.1) is 6.10 Å². The number of carbonyl (C=O) groups excluding carboxylic acids is 1. The van der Waals surface area contributed by atoms with Crippen molar-refractivity contribution in [2.45, 2.75) is 25.4 Å². The average molecular weight is 211 g/mol. The van der Waals surface area contributed by atoms with Gasteiger partial charge in [-0.3, -0.25) is 4.79 Å². The Hall–Kier alpha value is -1.50. The third-order valence-electron chi connectivity index (χ3n) is 2.31. The van der Waals surface area contributed by atoms with E-state index in [-0.39, 0.29) is 17.8 Å². The molecule has 1 aromatic heterocycles. The lowest BCUT2D eigenvalue weighted by atomic mass is 10.1. The summed E-state index contributed by atoms with van der Waals surface area (Å²) in [4.78, 5) is 11.4. The summed E-state index contributed by atoms with van der Waals surface area (Å²) in [6.45, 7) is 1.29. The van der Waals surface area contributed by atoms with E-state index in [4.69, 9.17) is 4.74 Å². The largest absolute Gasteiger partial charge is 0.376 e. The number of tetrazole rings is 1. The van der Waals surface area contributed by atoms with Crippen LogP contribution in [0, 0.1) is 0 Å². The molecule has 0 radical (unpaired) electrons. The lowest BCUT2D eigenvalue weighted by molar-refractivity contribution is 0.0168. The highest BCUT2D eigenvalue weighted by molar-refractivity contribution is 5.89. The van der Waals surface area contributed by atoms with Gasteiger partial charge >= 0.3 is 0 Å². The van der Waals surface area contributed by atoms with Crippen LogP contribution in [0.5, 0.6) is 0 Å². The standard InChI is InChI=1S/C8H13N5O2/c14-8(7-10-12-13-11-7)9-5-6-3-1-2-4-15-6/h6H,1-5H2,(H,9,14)(H,10,11,12,13). The number of H-pyrrole nitrogens is 1. The summed E-state index contributed by atoms with van der Waals surface area (Å²) in [5.74, 6) is -0.260. The van der Waals surface area contributed by atoms with Gasteiger partial charge in [-0.05, 0) is 24.5 Å². The zero-order valence-electron chi connectivity index (χ0n) is 8.27. The van der Waals surface area contributed by atoms with E-state index in [0.717, 1.165) is 25.9 Å². The first-order valence-corrected chi connectivity index (χ1v) is 4.99. The molecule has 1 saturated heterocycles. The fourth-order valence-electron chi connectivity index (χ4n) is 1.51. The van der Waals surface area contributed by atoms with Crippen molar-refractivity contribution in [2.24, 2.45) is 0 Å². The Kier molecular flexibility index (Phi) is 3.23. The van der Waals surface area contributed by atoms with Crippen molar-refractivity contribution in [1.29, 1.82) is 0 Å². The predicted octanol–water partition coefficient (Wildman–Crippen LogP) is -0.501. The second-order valence-electron chi connectivity index (χ2n) is 3.43. The van der Waals surface area contributed by atoms with Crippen molar-refractivity contribution in [3.8, 4) is 0 Å². The summed E-state index contributed by atoms with van der Waals surface area (Å²) < 4.78 is 5.47. The minimum atomic E-state index is -0.321. The van der Waals surface area contributed by atoms with E-state index >= 15 is 0 Å². The predicted molar refractivity (Wildman–Crippen MR) is 50.1 cm³/mol. The van der Waals surface area contributed by atoms with Crippen LogP contribution in [-0.4, -0.2) is 45.8 Å². The Morgan fingerprint density at radius 3 is 3.20 bits per heavy atom. The van der Waals surface area contributed by atoms with Gasteiger partial charge in [0.25, 0.3) is 11.7 Å². The minimum absolute atomic E-state index is 0.0609. The van der Waals surface area contributed by atoms with Gasteiger partial charge in [0.1, 0.15) is 0 Å². The molecule has 1 fully saturated rings. The van der Waals surface area contributed by atoms with Crippen molar-refractivity contribution in [3.63, 3.8) is 0 Å². The fourth-order valence-corrected chi connectivity index (χ4v) is 1.51. The molecule has 1 aromatic rings. The van der Waals surface area contributed by atoms with Crippen LogP contribution < -0.4 is 5.32 Å². The number of aromatic nitrogens is 4. The average Bonchev–Trinajstić information content (AvgIpc) is 2.81. The lowest BCUT2D eigenvalue weighted by Gasteiger charge is -2.22. The van der Waals surface area contributed by atoms with E-state index in [9.17, 15) is 4.79 Å². The maximum atomic E-state index is 11.4. The Bertz CT molecular complexity index is 307. The number of rotatable bonds is 3. The van der Waals surface area contributed by atoms with Crippen LogP contribution >= 0.6 is 0 Å². The highest BCUT2D eigenvalue weighted by atomic mass is 16.5. The summed E-state index contributed by atoms with van der Waals surface area (Å²) >= 11 is 0. The molecular weight excluding hydrogens is 198 g/mol. The molecule has 0 aliphatic carbocycles. The summed E-state index contributed by atoms with van der Waals surface area (Å²) in [5, 5.41) is 15.4. The molecule has 2 N–H and O–H groups in total. The Labute approximate surface area is 86.6 Å². The first-order valence-electron chi connectivity index (χ1n) is 4.99. The second-order valence-corrected chi connectivity index (χ2v) is 3.43. The van der Waals surface area contributed by atoms with E-state index in [0.29, 0.717) is 6.54 Å². The summed E-state index contributed by atoms with van der Waals surface area (Å²) in [6, 6.07) is 0.